The Morgan fingerprint density at radius 1 is 1.38 bits per heavy atom. The minimum Gasteiger partial charge on any atom is -0.497 e. The molecular formula is C14H14ClN3O3. The maximum absolute atomic E-state index is 8.74. The number of aromatic nitrogens is 1. The van der Waals surface area contributed by atoms with Gasteiger partial charge in [-0.05, 0) is 18.2 Å². The van der Waals surface area contributed by atoms with Crippen LogP contribution in [0.4, 0.5) is 0 Å². The second-order valence-electron chi connectivity index (χ2n) is 4.14. The van der Waals surface area contributed by atoms with Crippen LogP contribution >= 0.6 is 11.6 Å². The van der Waals surface area contributed by atoms with E-state index in [1.807, 2.05) is 0 Å². The number of nitrogens with zero attached hydrogens (tertiary/aromatic N) is 2. The highest BCUT2D eigenvalue weighted by Crippen LogP contribution is 2.24. The number of benzene rings is 1. The summed E-state index contributed by atoms with van der Waals surface area (Å²) in [6.45, 7) is 0.268. The summed E-state index contributed by atoms with van der Waals surface area (Å²) in [7, 11) is 1.52. The summed E-state index contributed by atoms with van der Waals surface area (Å²) >= 11 is 6.01. The summed E-state index contributed by atoms with van der Waals surface area (Å²) < 4.78 is 10.8. The van der Waals surface area contributed by atoms with Crippen LogP contribution in [0.2, 0.25) is 5.02 Å². The average Bonchev–Trinajstić information content (AvgIpc) is 2.53. The molecule has 0 saturated carbocycles. The Hall–Kier alpha value is -2.47. The van der Waals surface area contributed by atoms with Crippen LogP contribution in [0.15, 0.2) is 41.8 Å². The number of methoxy groups -OCH3 is 1. The van der Waals surface area contributed by atoms with Crippen molar-refractivity contribution in [2.45, 2.75) is 6.61 Å². The van der Waals surface area contributed by atoms with Gasteiger partial charge in [0.1, 0.15) is 18.1 Å². The van der Waals surface area contributed by atoms with E-state index in [0.29, 0.717) is 22.1 Å². The van der Waals surface area contributed by atoms with Crippen molar-refractivity contribution in [2.24, 2.45) is 10.9 Å². The van der Waals surface area contributed by atoms with Crippen LogP contribution < -0.4 is 15.2 Å². The summed E-state index contributed by atoms with van der Waals surface area (Å²) in [5.74, 6) is 1.03. The molecule has 0 bridgehead atoms. The summed E-state index contributed by atoms with van der Waals surface area (Å²) in [5, 5.41) is 12.2. The van der Waals surface area contributed by atoms with Gasteiger partial charge in [0.2, 0.25) is 0 Å². The SMILES string of the molecule is COc1cc(OCc2ccncc2Cl)cc(/C(N)=N/O)c1. The molecule has 0 radical (unpaired) electrons. The molecule has 0 fully saturated rings. The minimum atomic E-state index is -0.0271. The Kier molecular flexibility index (Phi) is 4.84. The van der Waals surface area contributed by atoms with Gasteiger partial charge in [-0.15, -0.1) is 0 Å². The Labute approximate surface area is 126 Å². The zero-order valence-corrected chi connectivity index (χ0v) is 12.0. The molecule has 2 rings (SSSR count). The first-order valence-electron chi connectivity index (χ1n) is 6.02. The molecule has 110 valence electrons. The first-order valence-corrected chi connectivity index (χ1v) is 6.40. The quantitative estimate of drug-likeness (QED) is 0.383. The summed E-state index contributed by atoms with van der Waals surface area (Å²) in [6.07, 6.45) is 3.19. The molecular weight excluding hydrogens is 294 g/mol. The highest BCUT2D eigenvalue weighted by molar-refractivity contribution is 6.31. The molecule has 1 aromatic heterocycles. The topological polar surface area (TPSA) is 90.0 Å². The fourth-order valence-corrected chi connectivity index (χ4v) is 1.83. The maximum Gasteiger partial charge on any atom is 0.170 e. The average molecular weight is 308 g/mol. The molecule has 0 saturated heterocycles. The Morgan fingerprint density at radius 3 is 2.81 bits per heavy atom. The van der Waals surface area contributed by atoms with Crippen LogP contribution in [-0.2, 0) is 6.61 Å². The molecule has 0 aliphatic heterocycles. The second kappa shape index (κ2) is 6.81. The molecule has 1 aromatic carbocycles. The largest absolute Gasteiger partial charge is 0.497 e. The Bertz CT molecular complexity index is 662. The van der Waals surface area contributed by atoms with E-state index in [1.54, 1.807) is 36.7 Å². The monoisotopic (exact) mass is 307 g/mol. The van der Waals surface area contributed by atoms with Crippen LogP contribution in [0.5, 0.6) is 11.5 Å². The van der Waals surface area contributed by atoms with Gasteiger partial charge in [-0.1, -0.05) is 16.8 Å². The molecule has 3 N–H and O–H groups in total. The van der Waals surface area contributed by atoms with E-state index in [1.165, 1.54) is 7.11 Å². The predicted octanol–water partition coefficient (Wildman–Crippen LogP) is 2.42. The lowest BCUT2D eigenvalue weighted by Gasteiger charge is -2.11. The predicted molar refractivity (Wildman–Crippen MR) is 79.1 cm³/mol. The molecule has 0 spiro atoms. The van der Waals surface area contributed by atoms with Crippen molar-refractivity contribution in [1.29, 1.82) is 0 Å². The number of oxime groups is 1. The number of hydrogen-bond acceptors (Lipinski definition) is 5. The molecule has 6 nitrogen and oxygen atoms in total. The van der Waals surface area contributed by atoms with Gasteiger partial charge in [0.05, 0.1) is 12.1 Å². The number of rotatable bonds is 5. The van der Waals surface area contributed by atoms with E-state index in [4.69, 9.17) is 32.0 Å². The lowest BCUT2D eigenvalue weighted by atomic mass is 10.2. The molecule has 1 heterocycles. The summed E-state index contributed by atoms with van der Waals surface area (Å²) in [6, 6.07) is 6.75. The minimum absolute atomic E-state index is 0.0271. The van der Waals surface area contributed by atoms with Gasteiger partial charge in [0.15, 0.2) is 5.84 Å². The number of amidine groups is 1. The van der Waals surface area contributed by atoms with Gasteiger partial charge in [-0.25, -0.2) is 0 Å². The standard InChI is InChI=1S/C14H14ClN3O3/c1-20-11-4-10(14(16)18-19)5-12(6-11)21-8-9-2-3-17-7-13(9)15/h2-7,19H,8H2,1H3,(H2,16,18). The Balaban J connectivity index is 2.21. The van der Waals surface area contributed by atoms with Crippen LogP contribution in [0.1, 0.15) is 11.1 Å². The number of pyridine rings is 1. The van der Waals surface area contributed by atoms with Gasteiger partial charge in [-0.2, -0.15) is 0 Å². The van der Waals surface area contributed by atoms with Gasteiger partial charge in [-0.3, -0.25) is 4.98 Å². The van der Waals surface area contributed by atoms with Crippen molar-refractivity contribution in [3.8, 4) is 11.5 Å². The first kappa shape index (κ1) is 14.9. The number of ether oxygens (including phenoxy) is 2. The summed E-state index contributed by atoms with van der Waals surface area (Å²) in [5.41, 5.74) is 6.88. The molecule has 0 aliphatic carbocycles. The molecule has 2 aromatic rings. The highest BCUT2D eigenvalue weighted by Gasteiger charge is 2.07. The van der Waals surface area contributed by atoms with Crippen LogP contribution in [0.25, 0.3) is 0 Å². The molecule has 21 heavy (non-hydrogen) atoms. The van der Waals surface area contributed by atoms with E-state index >= 15 is 0 Å². The molecule has 0 aliphatic rings. The third-order valence-electron chi connectivity index (χ3n) is 2.77. The van der Waals surface area contributed by atoms with Crippen molar-refractivity contribution in [2.75, 3.05) is 7.11 Å². The number of nitrogens with two attached hydrogens (primary N) is 1. The maximum atomic E-state index is 8.74. The summed E-state index contributed by atoms with van der Waals surface area (Å²) in [4.78, 5) is 3.91. The van der Waals surface area contributed by atoms with Crippen molar-refractivity contribution in [1.82, 2.24) is 4.98 Å². The zero-order valence-electron chi connectivity index (χ0n) is 11.3. The zero-order chi connectivity index (χ0) is 15.2. The van der Waals surface area contributed by atoms with E-state index < -0.39 is 0 Å². The first-order chi connectivity index (χ1) is 10.1. The molecule has 0 atom stereocenters. The van der Waals surface area contributed by atoms with E-state index in [0.717, 1.165) is 5.56 Å². The van der Waals surface area contributed by atoms with E-state index in [2.05, 4.69) is 10.1 Å². The molecule has 0 unspecified atom stereocenters. The van der Waals surface area contributed by atoms with Gasteiger partial charge in [0, 0.05) is 29.6 Å². The van der Waals surface area contributed by atoms with Crippen LogP contribution in [-0.4, -0.2) is 23.1 Å². The van der Waals surface area contributed by atoms with Crippen molar-refractivity contribution >= 4 is 17.4 Å². The van der Waals surface area contributed by atoms with Crippen LogP contribution in [0.3, 0.4) is 0 Å². The van der Waals surface area contributed by atoms with Gasteiger partial charge < -0.3 is 20.4 Å². The fraction of sp³-hybridized carbons (Fsp3) is 0.143. The van der Waals surface area contributed by atoms with Gasteiger partial charge in [0.25, 0.3) is 0 Å². The van der Waals surface area contributed by atoms with E-state index in [9.17, 15) is 0 Å². The second-order valence-corrected chi connectivity index (χ2v) is 4.55. The number of hydrogen-bond donors (Lipinski definition) is 2. The van der Waals surface area contributed by atoms with Gasteiger partial charge >= 0.3 is 0 Å². The lowest BCUT2D eigenvalue weighted by Crippen LogP contribution is -2.13. The normalized spacial score (nSPS) is 11.2. The molecule has 0 amide bonds. The fourth-order valence-electron chi connectivity index (χ4n) is 1.66. The lowest BCUT2D eigenvalue weighted by molar-refractivity contribution is 0.303. The Morgan fingerprint density at radius 2 is 2.14 bits per heavy atom. The van der Waals surface area contributed by atoms with Crippen molar-refractivity contribution < 1.29 is 14.7 Å². The third-order valence-corrected chi connectivity index (χ3v) is 3.11. The smallest absolute Gasteiger partial charge is 0.170 e. The highest BCUT2D eigenvalue weighted by atomic mass is 35.5. The molecule has 7 heteroatoms. The van der Waals surface area contributed by atoms with Crippen LogP contribution in [0, 0.1) is 0 Å². The number of halogens is 1. The van der Waals surface area contributed by atoms with Crippen molar-refractivity contribution in [3.05, 3.63) is 52.8 Å². The van der Waals surface area contributed by atoms with E-state index in [-0.39, 0.29) is 12.4 Å². The third kappa shape index (κ3) is 3.76. The van der Waals surface area contributed by atoms with Crippen molar-refractivity contribution in [3.63, 3.8) is 0 Å².